The van der Waals surface area contributed by atoms with Crippen molar-refractivity contribution in [3.05, 3.63) is 47.0 Å². The van der Waals surface area contributed by atoms with Crippen LogP contribution in [0.25, 0.3) is 0 Å². The number of rotatable bonds is 4. The first-order chi connectivity index (χ1) is 7.11. The molecule has 1 heteroatoms. The summed E-state index contributed by atoms with van der Waals surface area (Å²) in [5, 5.41) is 3.49. The quantitative estimate of drug-likeness (QED) is 0.737. The molecule has 1 aromatic rings. The Bertz CT molecular complexity index is 335. The molecule has 0 aliphatic heterocycles. The van der Waals surface area contributed by atoms with Crippen LogP contribution in [0.5, 0.6) is 0 Å². The lowest BCUT2D eigenvalue weighted by Gasteiger charge is -2.15. The summed E-state index contributed by atoms with van der Waals surface area (Å²) in [4.78, 5) is 0. The number of allylic oxidation sites excluding steroid dienone is 1. The Morgan fingerprint density at radius 3 is 2.60 bits per heavy atom. The van der Waals surface area contributed by atoms with E-state index in [1.54, 1.807) is 0 Å². The van der Waals surface area contributed by atoms with Gasteiger partial charge in [-0.05, 0) is 38.8 Å². The summed E-state index contributed by atoms with van der Waals surface area (Å²) in [7, 11) is 0. The minimum absolute atomic E-state index is 0.418. The average Bonchev–Trinajstić information content (AvgIpc) is 2.17. The molecule has 0 spiro atoms. The van der Waals surface area contributed by atoms with E-state index < -0.39 is 0 Å². The van der Waals surface area contributed by atoms with Crippen LogP contribution >= 0.6 is 0 Å². The third kappa shape index (κ3) is 3.88. The molecule has 0 saturated heterocycles. The van der Waals surface area contributed by atoms with Crippen molar-refractivity contribution in [2.24, 2.45) is 0 Å². The van der Waals surface area contributed by atoms with Crippen molar-refractivity contribution in [3.8, 4) is 0 Å². The van der Waals surface area contributed by atoms with Crippen LogP contribution < -0.4 is 5.32 Å². The van der Waals surface area contributed by atoms with E-state index >= 15 is 0 Å². The van der Waals surface area contributed by atoms with E-state index in [1.807, 2.05) is 0 Å². The van der Waals surface area contributed by atoms with Crippen LogP contribution in [-0.2, 0) is 0 Å². The number of hydrogen-bond acceptors (Lipinski definition) is 1. The molecule has 0 heterocycles. The highest BCUT2D eigenvalue weighted by atomic mass is 14.9. The third-order valence-corrected chi connectivity index (χ3v) is 2.59. The summed E-state index contributed by atoms with van der Waals surface area (Å²) in [5.74, 6) is 0. The maximum absolute atomic E-state index is 3.49. The van der Waals surface area contributed by atoms with Crippen LogP contribution in [0.1, 0.15) is 37.9 Å². The van der Waals surface area contributed by atoms with Crippen LogP contribution in [0.2, 0.25) is 0 Å². The molecule has 0 amide bonds. The molecule has 0 fully saturated rings. The van der Waals surface area contributed by atoms with E-state index in [9.17, 15) is 0 Å². The van der Waals surface area contributed by atoms with Crippen molar-refractivity contribution in [1.82, 2.24) is 5.32 Å². The Morgan fingerprint density at radius 2 is 2.00 bits per heavy atom. The summed E-state index contributed by atoms with van der Waals surface area (Å²) in [5.41, 5.74) is 4.11. The Labute approximate surface area is 93.2 Å². The molecular weight excluding hydrogens is 182 g/mol. The molecule has 1 nitrogen and oxygen atoms in total. The first-order valence-electron chi connectivity index (χ1n) is 5.53. The Kier molecular flexibility index (Phi) is 4.57. The van der Waals surface area contributed by atoms with Crippen molar-refractivity contribution < 1.29 is 0 Å². The molecule has 0 aromatic heterocycles. The fraction of sp³-hybridized carbons (Fsp3) is 0.429. The molecular formula is C14H21N. The fourth-order valence-corrected chi connectivity index (χ4v) is 1.62. The molecule has 1 atom stereocenters. The molecule has 0 aliphatic carbocycles. The van der Waals surface area contributed by atoms with Crippen LogP contribution in [0, 0.1) is 6.92 Å². The Hall–Kier alpha value is -1.08. The molecule has 1 N–H and O–H groups in total. The van der Waals surface area contributed by atoms with Crippen LogP contribution in [0.15, 0.2) is 35.9 Å². The van der Waals surface area contributed by atoms with E-state index in [4.69, 9.17) is 0 Å². The van der Waals surface area contributed by atoms with E-state index in [2.05, 4.69) is 63.4 Å². The zero-order valence-corrected chi connectivity index (χ0v) is 10.2. The van der Waals surface area contributed by atoms with E-state index in [0.717, 1.165) is 6.54 Å². The maximum atomic E-state index is 3.49. The van der Waals surface area contributed by atoms with Gasteiger partial charge in [-0.3, -0.25) is 0 Å². The smallest absolute Gasteiger partial charge is 0.0297 e. The minimum atomic E-state index is 0.418. The van der Waals surface area contributed by atoms with Gasteiger partial charge in [0, 0.05) is 12.6 Å². The highest BCUT2D eigenvalue weighted by Gasteiger charge is 2.05. The summed E-state index contributed by atoms with van der Waals surface area (Å²) < 4.78 is 0. The van der Waals surface area contributed by atoms with Gasteiger partial charge in [0.05, 0.1) is 0 Å². The molecule has 0 saturated carbocycles. The number of aryl methyl sites for hydroxylation is 1. The van der Waals surface area contributed by atoms with E-state index in [0.29, 0.717) is 6.04 Å². The van der Waals surface area contributed by atoms with Crippen molar-refractivity contribution in [3.63, 3.8) is 0 Å². The Balaban J connectivity index is 2.58. The fourth-order valence-electron chi connectivity index (χ4n) is 1.62. The van der Waals surface area contributed by atoms with Gasteiger partial charge in [-0.1, -0.05) is 35.9 Å². The minimum Gasteiger partial charge on any atom is -0.307 e. The summed E-state index contributed by atoms with van der Waals surface area (Å²) >= 11 is 0. The molecule has 0 radical (unpaired) electrons. The zero-order chi connectivity index (χ0) is 11.3. The Morgan fingerprint density at radius 1 is 1.33 bits per heavy atom. The molecule has 1 aromatic carbocycles. The molecule has 82 valence electrons. The normalized spacial score (nSPS) is 12.3. The second kappa shape index (κ2) is 5.72. The zero-order valence-electron chi connectivity index (χ0n) is 10.2. The highest BCUT2D eigenvalue weighted by molar-refractivity contribution is 5.28. The number of benzene rings is 1. The van der Waals surface area contributed by atoms with Gasteiger partial charge in [-0.25, -0.2) is 0 Å². The SMILES string of the molecule is CC(C)=CCN[C@@H](C)c1ccccc1C. The van der Waals surface area contributed by atoms with Gasteiger partial charge in [0.25, 0.3) is 0 Å². The topological polar surface area (TPSA) is 12.0 Å². The highest BCUT2D eigenvalue weighted by Crippen LogP contribution is 2.16. The lowest BCUT2D eigenvalue weighted by molar-refractivity contribution is 0.613. The van der Waals surface area contributed by atoms with Crippen LogP contribution in [0.4, 0.5) is 0 Å². The first kappa shape index (κ1) is 12.0. The lowest BCUT2D eigenvalue weighted by Crippen LogP contribution is -2.19. The summed E-state index contributed by atoms with van der Waals surface area (Å²) in [6, 6.07) is 8.95. The van der Waals surface area contributed by atoms with Crippen LogP contribution in [0.3, 0.4) is 0 Å². The van der Waals surface area contributed by atoms with Gasteiger partial charge in [-0.15, -0.1) is 0 Å². The summed E-state index contributed by atoms with van der Waals surface area (Å²) in [6.07, 6.45) is 2.22. The van der Waals surface area contributed by atoms with Gasteiger partial charge in [-0.2, -0.15) is 0 Å². The largest absolute Gasteiger partial charge is 0.307 e. The second-order valence-corrected chi connectivity index (χ2v) is 4.27. The lowest BCUT2D eigenvalue weighted by atomic mass is 10.0. The average molecular weight is 203 g/mol. The van der Waals surface area contributed by atoms with Gasteiger partial charge in [0.1, 0.15) is 0 Å². The van der Waals surface area contributed by atoms with E-state index in [-0.39, 0.29) is 0 Å². The van der Waals surface area contributed by atoms with Gasteiger partial charge in [0.15, 0.2) is 0 Å². The van der Waals surface area contributed by atoms with Crippen molar-refractivity contribution in [1.29, 1.82) is 0 Å². The van der Waals surface area contributed by atoms with Gasteiger partial charge in [0.2, 0.25) is 0 Å². The van der Waals surface area contributed by atoms with Crippen LogP contribution in [-0.4, -0.2) is 6.54 Å². The van der Waals surface area contributed by atoms with Crippen molar-refractivity contribution in [2.45, 2.75) is 33.7 Å². The van der Waals surface area contributed by atoms with Crippen molar-refractivity contribution in [2.75, 3.05) is 6.54 Å². The molecule has 15 heavy (non-hydrogen) atoms. The summed E-state index contributed by atoms with van der Waals surface area (Å²) in [6.45, 7) is 9.56. The van der Waals surface area contributed by atoms with Crippen molar-refractivity contribution >= 4 is 0 Å². The predicted octanol–water partition coefficient (Wildman–Crippen LogP) is 3.61. The maximum Gasteiger partial charge on any atom is 0.0297 e. The third-order valence-electron chi connectivity index (χ3n) is 2.59. The monoisotopic (exact) mass is 203 g/mol. The number of nitrogens with one attached hydrogen (secondary N) is 1. The van der Waals surface area contributed by atoms with Gasteiger partial charge >= 0.3 is 0 Å². The molecule has 0 aliphatic rings. The second-order valence-electron chi connectivity index (χ2n) is 4.27. The number of hydrogen-bond donors (Lipinski definition) is 1. The molecule has 1 rings (SSSR count). The van der Waals surface area contributed by atoms with E-state index in [1.165, 1.54) is 16.7 Å². The molecule has 0 unspecified atom stereocenters. The molecule has 0 bridgehead atoms. The van der Waals surface area contributed by atoms with Gasteiger partial charge < -0.3 is 5.32 Å². The standard InChI is InChI=1S/C14H21N/c1-11(2)9-10-15-13(4)14-8-6-5-7-12(14)3/h5-9,13,15H,10H2,1-4H3/t13-/m0/s1. The first-order valence-corrected chi connectivity index (χ1v) is 5.53. The predicted molar refractivity (Wildman–Crippen MR) is 67.0 cm³/mol.